The molecular weight excluding hydrogens is 291 g/mol. The molecule has 0 aromatic carbocycles. The van der Waals surface area contributed by atoms with Crippen molar-refractivity contribution in [3.63, 3.8) is 0 Å². The van der Waals surface area contributed by atoms with Gasteiger partial charge in [0, 0.05) is 6.20 Å². The first kappa shape index (κ1) is 11.5. The van der Waals surface area contributed by atoms with Gasteiger partial charge in [0.2, 0.25) is 0 Å². The molecule has 0 amide bonds. The Kier molecular flexibility index (Phi) is 3.89. The second-order valence-electron chi connectivity index (χ2n) is 3.33. The van der Waals surface area contributed by atoms with E-state index in [4.69, 9.17) is 5.26 Å². The summed E-state index contributed by atoms with van der Waals surface area (Å²) in [4.78, 5) is 0. The molecule has 1 aromatic rings. The number of nitrogens with one attached hydrogen (secondary N) is 1. The molecule has 0 radical (unpaired) electrons. The van der Waals surface area contributed by atoms with E-state index in [1.165, 1.54) is 0 Å². The third kappa shape index (κ3) is 2.96. The van der Waals surface area contributed by atoms with Crippen LogP contribution in [0, 0.1) is 14.9 Å². The highest BCUT2D eigenvalue weighted by molar-refractivity contribution is 14.1. The molecule has 0 aliphatic carbocycles. The van der Waals surface area contributed by atoms with Crippen LogP contribution in [0.3, 0.4) is 0 Å². The molecule has 76 valence electrons. The average molecular weight is 304 g/mol. The van der Waals surface area contributed by atoms with Gasteiger partial charge >= 0.3 is 0 Å². The highest BCUT2D eigenvalue weighted by atomic mass is 127. The van der Waals surface area contributed by atoms with Crippen molar-refractivity contribution in [2.75, 3.05) is 6.54 Å². The third-order valence-electron chi connectivity index (χ3n) is 1.89. The molecule has 4 nitrogen and oxygen atoms in total. The van der Waals surface area contributed by atoms with Crippen molar-refractivity contribution in [2.24, 2.45) is 0 Å². The SMILES string of the molecule is CCNC(C)(C#N)Cn1cc(I)cn1. The van der Waals surface area contributed by atoms with Crippen LogP contribution in [0.4, 0.5) is 0 Å². The van der Waals surface area contributed by atoms with Gasteiger partial charge in [0.1, 0.15) is 5.54 Å². The van der Waals surface area contributed by atoms with Crippen LogP contribution in [0.2, 0.25) is 0 Å². The van der Waals surface area contributed by atoms with E-state index in [1.807, 2.05) is 20.0 Å². The van der Waals surface area contributed by atoms with E-state index < -0.39 is 5.54 Å². The minimum atomic E-state index is -0.538. The summed E-state index contributed by atoms with van der Waals surface area (Å²) in [5.41, 5.74) is -0.538. The summed E-state index contributed by atoms with van der Waals surface area (Å²) in [5, 5.41) is 16.3. The zero-order valence-corrected chi connectivity index (χ0v) is 10.4. The maximum Gasteiger partial charge on any atom is 0.123 e. The number of halogens is 1. The van der Waals surface area contributed by atoms with Crippen molar-refractivity contribution in [3.8, 4) is 6.07 Å². The monoisotopic (exact) mass is 304 g/mol. The first-order valence-corrected chi connectivity index (χ1v) is 5.52. The Morgan fingerprint density at radius 2 is 2.50 bits per heavy atom. The number of hydrogen-bond acceptors (Lipinski definition) is 3. The van der Waals surface area contributed by atoms with Gasteiger partial charge in [-0.25, -0.2) is 0 Å². The molecule has 1 rings (SSSR count). The molecule has 0 fully saturated rings. The Morgan fingerprint density at radius 1 is 1.79 bits per heavy atom. The molecule has 1 unspecified atom stereocenters. The summed E-state index contributed by atoms with van der Waals surface area (Å²) in [6, 6.07) is 2.26. The van der Waals surface area contributed by atoms with Crippen LogP contribution in [0.5, 0.6) is 0 Å². The van der Waals surface area contributed by atoms with Crippen LogP contribution >= 0.6 is 22.6 Å². The van der Waals surface area contributed by atoms with Gasteiger partial charge in [-0.1, -0.05) is 6.92 Å². The van der Waals surface area contributed by atoms with E-state index >= 15 is 0 Å². The van der Waals surface area contributed by atoms with Crippen molar-refractivity contribution < 1.29 is 0 Å². The van der Waals surface area contributed by atoms with E-state index in [0.29, 0.717) is 6.54 Å². The highest BCUT2D eigenvalue weighted by Crippen LogP contribution is 2.08. The number of nitrogens with zero attached hydrogens (tertiary/aromatic N) is 3. The minimum absolute atomic E-state index is 0.538. The molecule has 0 aliphatic rings. The Labute approximate surface area is 97.4 Å². The van der Waals surface area contributed by atoms with Gasteiger partial charge < -0.3 is 0 Å². The van der Waals surface area contributed by atoms with Gasteiger partial charge in [-0.05, 0) is 36.1 Å². The number of aromatic nitrogens is 2. The van der Waals surface area contributed by atoms with E-state index in [-0.39, 0.29) is 0 Å². The molecule has 0 saturated carbocycles. The van der Waals surface area contributed by atoms with Gasteiger partial charge in [0.15, 0.2) is 0 Å². The predicted octanol–water partition coefficient (Wildman–Crippen LogP) is 1.38. The summed E-state index contributed by atoms with van der Waals surface area (Å²) in [6.07, 6.45) is 3.71. The molecule has 1 aromatic heterocycles. The molecule has 1 N–H and O–H groups in total. The van der Waals surface area contributed by atoms with Crippen molar-refractivity contribution >= 4 is 22.6 Å². The predicted molar refractivity (Wildman–Crippen MR) is 62.6 cm³/mol. The fourth-order valence-electron chi connectivity index (χ4n) is 1.27. The van der Waals surface area contributed by atoms with E-state index in [2.05, 4.69) is 39.1 Å². The Hall–Kier alpha value is -0.610. The molecule has 1 heterocycles. The molecule has 0 spiro atoms. The normalized spacial score (nSPS) is 14.7. The van der Waals surface area contributed by atoms with Crippen LogP contribution < -0.4 is 5.32 Å². The fourth-order valence-corrected chi connectivity index (χ4v) is 1.72. The van der Waals surface area contributed by atoms with Gasteiger partial charge in [0.05, 0.1) is 22.4 Å². The quantitative estimate of drug-likeness (QED) is 0.855. The van der Waals surface area contributed by atoms with E-state index in [1.54, 1.807) is 10.9 Å². The third-order valence-corrected chi connectivity index (χ3v) is 2.45. The smallest absolute Gasteiger partial charge is 0.123 e. The van der Waals surface area contributed by atoms with Gasteiger partial charge in [-0.15, -0.1) is 0 Å². The summed E-state index contributed by atoms with van der Waals surface area (Å²) >= 11 is 2.20. The maximum atomic E-state index is 9.03. The summed E-state index contributed by atoms with van der Waals surface area (Å²) in [7, 11) is 0. The Bertz CT molecular complexity index is 341. The number of rotatable bonds is 4. The van der Waals surface area contributed by atoms with Crippen molar-refractivity contribution in [1.29, 1.82) is 5.26 Å². The number of likely N-dealkylation sites (N-methyl/N-ethyl adjacent to an activating group) is 1. The molecular formula is C9H13IN4. The standard InChI is InChI=1S/C9H13IN4/c1-3-12-9(2,6-11)7-14-5-8(10)4-13-14/h4-5,12H,3,7H2,1-2H3. The summed E-state index contributed by atoms with van der Waals surface area (Å²) < 4.78 is 2.87. The van der Waals surface area contributed by atoms with Crippen molar-refractivity contribution in [1.82, 2.24) is 15.1 Å². The zero-order chi connectivity index (χ0) is 10.6. The van der Waals surface area contributed by atoms with E-state index in [0.717, 1.165) is 10.1 Å². The van der Waals surface area contributed by atoms with Crippen molar-refractivity contribution in [2.45, 2.75) is 25.9 Å². The maximum absolute atomic E-state index is 9.03. The van der Waals surface area contributed by atoms with Crippen LogP contribution in [0.25, 0.3) is 0 Å². The van der Waals surface area contributed by atoms with Gasteiger partial charge in [-0.2, -0.15) is 10.4 Å². The van der Waals surface area contributed by atoms with Gasteiger partial charge in [0.25, 0.3) is 0 Å². The fraction of sp³-hybridized carbons (Fsp3) is 0.556. The first-order chi connectivity index (χ1) is 6.59. The van der Waals surface area contributed by atoms with Crippen LogP contribution in [0.15, 0.2) is 12.4 Å². The van der Waals surface area contributed by atoms with Crippen molar-refractivity contribution in [3.05, 3.63) is 16.0 Å². The van der Waals surface area contributed by atoms with Crippen LogP contribution in [0.1, 0.15) is 13.8 Å². The van der Waals surface area contributed by atoms with E-state index in [9.17, 15) is 0 Å². The highest BCUT2D eigenvalue weighted by Gasteiger charge is 2.23. The lowest BCUT2D eigenvalue weighted by Gasteiger charge is -2.22. The lowest BCUT2D eigenvalue weighted by Crippen LogP contribution is -2.44. The first-order valence-electron chi connectivity index (χ1n) is 4.44. The van der Waals surface area contributed by atoms with Crippen LogP contribution in [-0.2, 0) is 6.54 Å². The lowest BCUT2D eigenvalue weighted by molar-refractivity contribution is 0.378. The molecule has 0 saturated heterocycles. The Balaban J connectivity index is 2.71. The Morgan fingerprint density at radius 3 is 2.93 bits per heavy atom. The topological polar surface area (TPSA) is 53.6 Å². The second kappa shape index (κ2) is 4.75. The molecule has 14 heavy (non-hydrogen) atoms. The van der Waals surface area contributed by atoms with Gasteiger partial charge in [-0.3, -0.25) is 10.00 Å². The minimum Gasteiger partial charge on any atom is -0.298 e. The summed E-state index contributed by atoms with van der Waals surface area (Å²) in [6.45, 7) is 5.22. The summed E-state index contributed by atoms with van der Waals surface area (Å²) in [5.74, 6) is 0. The molecule has 5 heteroatoms. The van der Waals surface area contributed by atoms with Crippen LogP contribution in [-0.4, -0.2) is 21.9 Å². The molecule has 0 aliphatic heterocycles. The molecule has 1 atom stereocenters. The second-order valence-corrected chi connectivity index (χ2v) is 4.58. The zero-order valence-electron chi connectivity index (χ0n) is 8.29. The largest absolute Gasteiger partial charge is 0.298 e. The lowest BCUT2D eigenvalue weighted by atomic mass is 10.1. The number of hydrogen-bond donors (Lipinski definition) is 1. The average Bonchev–Trinajstić information content (AvgIpc) is 2.51. The number of nitriles is 1. The molecule has 0 bridgehead atoms.